The van der Waals surface area contributed by atoms with E-state index in [4.69, 9.17) is 0 Å². The molecule has 3 rings (SSSR count). The molecule has 1 atom stereocenters. The first-order chi connectivity index (χ1) is 13.8. The Labute approximate surface area is 159 Å². The van der Waals surface area contributed by atoms with Gasteiger partial charge in [0.05, 0.1) is 0 Å². The van der Waals surface area contributed by atoms with Gasteiger partial charge in [0.25, 0.3) is 0 Å². The molecule has 0 aliphatic rings. The minimum atomic E-state index is -2.39. The van der Waals surface area contributed by atoms with Gasteiger partial charge in [0.15, 0.2) is 6.10 Å². The van der Waals surface area contributed by atoms with Gasteiger partial charge in [-0.25, -0.2) is 18.0 Å². The lowest BCUT2D eigenvalue weighted by Gasteiger charge is -2.12. The highest BCUT2D eigenvalue weighted by Gasteiger charge is 2.29. The fourth-order valence-electron chi connectivity index (χ4n) is 2.08. The van der Waals surface area contributed by atoms with Gasteiger partial charge in [-0.2, -0.15) is 8.78 Å². The van der Waals surface area contributed by atoms with Crippen molar-refractivity contribution in [2.45, 2.75) is 13.0 Å². The van der Waals surface area contributed by atoms with Crippen molar-refractivity contribution in [3.05, 3.63) is 65.2 Å². The van der Waals surface area contributed by atoms with Crippen LogP contribution >= 0.6 is 0 Å². The van der Waals surface area contributed by atoms with Gasteiger partial charge in [-0.05, 0) is 6.92 Å². The van der Waals surface area contributed by atoms with Crippen LogP contribution in [-0.4, -0.2) is 26.6 Å². The molecule has 3 aromatic rings. The number of carbonyl (C=O) groups excluding carboxylic acids is 1. The zero-order valence-electron chi connectivity index (χ0n) is 14.4. The van der Waals surface area contributed by atoms with E-state index in [9.17, 15) is 26.7 Å². The Morgan fingerprint density at radius 1 is 0.828 bits per heavy atom. The number of ether oxygens (including phenoxy) is 2. The first-order valence-electron chi connectivity index (χ1n) is 7.82. The van der Waals surface area contributed by atoms with E-state index in [1.54, 1.807) is 30.3 Å². The summed E-state index contributed by atoms with van der Waals surface area (Å²) in [7, 11) is 0. The molecule has 150 valence electrons. The van der Waals surface area contributed by atoms with Crippen LogP contribution in [0.4, 0.5) is 26.7 Å². The fourth-order valence-corrected chi connectivity index (χ4v) is 2.08. The minimum absolute atomic E-state index is 0.186. The molecule has 0 aliphatic heterocycles. The number of aromatic nitrogens is 4. The number of hydrogen-bond acceptors (Lipinski definition) is 7. The maximum atomic E-state index is 13.5. The zero-order valence-corrected chi connectivity index (χ0v) is 14.4. The Morgan fingerprint density at radius 2 is 1.34 bits per heavy atom. The second-order valence-electron chi connectivity index (χ2n) is 5.46. The zero-order chi connectivity index (χ0) is 21.1. The van der Waals surface area contributed by atoms with E-state index in [-0.39, 0.29) is 11.6 Å². The third-order valence-corrected chi connectivity index (χ3v) is 3.52. The minimum Gasteiger partial charge on any atom is -0.423 e. The lowest BCUT2D eigenvalue weighted by atomic mass is 10.2. The van der Waals surface area contributed by atoms with Crippen molar-refractivity contribution in [1.29, 1.82) is 0 Å². The largest absolute Gasteiger partial charge is 0.514 e. The van der Waals surface area contributed by atoms with E-state index in [1.807, 2.05) is 0 Å². The fraction of sp³-hybridized carbons (Fsp3) is 0.118. The molecule has 0 radical (unpaired) electrons. The summed E-state index contributed by atoms with van der Waals surface area (Å²) in [5, 5.41) is 15.0. The summed E-state index contributed by atoms with van der Waals surface area (Å²) in [5.74, 6) is -13.4. The summed E-state index contributed by atoms with van der Waals surface area (Å²) in [6.07, 6.45) is -3.01. The number of carbonyl (C=O) groups is 1. The first-order valence-corrected chi connectivity index (χ1v) is 7.82. The van der Waals surface area contributed by atoms with Gasteiger partial charge in [-0.15, -0.1) is 20.4 Å². The van der Waals surface area contributed by atoms with Crippen LogP contribution in [0.25, 0.3) is 11.4 Å². The van der Waals surface area contributed by atoms with E-state index < -0.39 is 47.1 Å². The van der Waals surface area contributed by atoms with Crippen LogP contribution in [0.5, 0.6) is 5.75 Å². The summed E-state index contributed by atoms with van der Waals surface area (Å²) in [5.41, 5.74) is 0.623. The van der Waals surface area contributed by atoms with Crippen molar-refractivity contribution in [3.63, 3.8) is 0 Å². The van der Waals surface area contributed by atoms with Crippen molar-refractivity contribution in [2.24, 2.45) is 0 Å². The van der Waals surface area contributed by atoms with E-state index in [2.05, 4.69) is 29.9 Å². The highest BCUT2D eigenvalue weighted by atomic mass is 19.2. The summed E-state index contributed by atoms with van der Waals surface area (Å²) in [6.45, 7) is 1.25. The average Bonchev–Trinajstić information content (AvgIpc) is 2.74. The van der Waals surface area contributed by atoms with Crippen LogP contribution < -0.4 is 4.74 Å². The summed E-state index contributed by atoms with van der Waals surface area (Å²) < 4.78 is 75.1. The van der Waals surface area contributed by atoms with E-state index in [0.29, 0.717) is 5.56 Å². The molecule has 0 N–H and O–H groups in total. The first kappa shape index (κ1) is 20.0. The Hall–Kier alpha value is -3.70. The van der Waals surface area contributed by atoms with Crippen molar-refractivity contribution in [1.82, 2.24) is 20.4 Å². The van der Waals surface area contributed by atoms with Crippen molar-refractivity contribution >= 4 is 6.16 Å². The molecule has 2 aromatic carbocycles. The maximum absolute atomic E-state index is 13.5. The van der Waals surface area contributed by atoms with Gasteiger partial charge in [0.1, 0.15) is 0 Å². The summed E-state index contributed by atoms with van der Waals surface area (Å²) in [4.78, 5) is 11.7. The highest BCUT2D eigenvalue weighted by molar-refractivity contribution is 5.64. The molecule has 0 aliphatic carbocycles. The van der Waals surface area contributed by atoms with Gasteiger partial charge in [0, 0.05) is 5.56 Å². The second-order valence-corrected chi connectivity index (χ2v) is 5.46. The van der Waals surface area contributed by atoms with E-state index >= 15 is 0 Å². The van der Waals surface area contributed by atoms with E-state index in [0.717, 1.165) is 0 Å². The molecule has 1 aromatic heterocycles. The smallest absolute Gasteiger partial charge is 0.423 e. The third-order valence-electron chi connectivity index (χ3n) is 3.52. The van der Waals surface area contributed by atoms with Crippen molar-refractivity contribution < 1.29 is 36.2 Å². The van der Waals surface area contributed by atoms with Gasteiger partial charge in [-0.1, -0.05) is 30.3 Å². The number of benzene rings is 2. The van der Waals surface area contributed by atoms with Gasteiger partial charge >= 0.3 is 6.16 Å². The molecule has 0 saturated carbocycles. The maximum Gasteiger partial charge on any atom is 0.514 e. The lowest BCUT2D eigenvalue weighted by Crippen LogP contribution is -2.18. The second kappa shape index (κ2) is 8.12. The SMILES string of the molecule is CC(OC(=O)Oc1c(F)c(F)c(F)c(F)c1F)c1nnc(-c2ccccc2)nn1. The van der Waals surface area contributed by atoms with Gasteiger partial charge in [-0.3, -0.25) is 0 Å². The average molecular weight is 412 g/mol. The molecule has 0 fully saturated rings. The number of halogens is 5. The predicted octanol–water partition coefficient (Wildman–Crippen LogP) is 3.91. The molecular formula is C17H9F5N4O3. The molecule has 7 nitrogen and oxygen atoms in total. The Bertz CT molecular complexity index is 1020. The summed E-state index contributed by atoms with van der Waals surface area (Å²) in [6, 6.07) is 8.69. The number of rotatable bonds is 4. The van der Waals surface area contributed by atoms with Crippen molar-refractivity contribution in [3.8, 4) is 17.1 Å². The molecule has 0 bridgehead atoms. The van der Waals surface area contributed by atoms with Crippen molar-refractivity contribution in [2.75, 3.05) is 0 Å². The Morgan fingerprint density at radius 3 is 1.90 bits per heavy atom. The standard InChI is InChI=1S/C17H9F5N4O3/c1-7(15-23-25-16(26-24-15)8-5-3-2-4-6-8)28-17(27)29-14-12(21)10(19)9(18)11(20)13(14)22/h2-7H,1H3. The molecule has 1 heterocycles. The molecule has 12 heteroatoms. The number of nitrogens with zero attached hydrogens (tertiary/aromatic N) is 4. The number of hydrogen-bond donors (Lipinski definition) is 0. The van der Waals surface area contributed by atoms with Gasteiger partial charge < -0.3 is 9.47 Å². The molecule has 0 spiro atoms. The van der Waals surface area contributed by atoms with Crippen LogP contribution in [0.15, 0.2) is 30.3 Å². The lowest BCUT2D eigenvalue weighted by molar-refractivity contribution is 0.0581. The summed E-state index contributed by atoms with van der Waals surface area (Å²) >= 11 is 0. The molecule has 1 unspecified atom stereocenters. The molecular weight excluding hydrogens is 403 g/mol. The molecule has 0 saturated heterocycles. The van der Waals surface area contributed by atoms with Crippen LogP contribution in [0.1, 0.15) is 18.9 Å². The van der Waals surface area contributed by atoms with Crippen LogP contribution in [0.3, 0.4) is 0 Å². The van der Waals surface area contributed by atoms with E-state index in [1.165, 1.54) is 6.92 Å². The third kappa shape index (κ3) is 4.10. The Balaban J connectivity index is 1.72. The van der Waals surface area contributed by atoms with Crippen LogP contribution in [0.2, 0.25) is 0 Å². The monoisotopic (exact) mass is 412 g/mol. The van der Waals surface area contributed by atoms with Crippen LogP contribution in [0, 0.1) is 29.1 Å². The van der Waals surface area contributed by atoms with Crippen LogP contribution in [-0.2, 0) is 4.74 Å². The normalized spacial score (nSPS) is 11.8. The topological polar surface area (TPSA) is 87.1 Å². The highest BCUT2D eigenvalue weighted by Crippen LogP contribution is 2.29. The quantitative estimate of drug-likeness (QED) is 0.211. The molecule has 29 heavy (non-hydrogen) atoms. The Kier molecular flexibility index (Phi) is 5.61. The molecule has 0 amide bonds. The van der Waals surface area contributed by atoms with Gasteiger partial charge in [0.2, 0.25) is 46.5 Å². The predicted molar refractivity (Wildman–Crippen MR) is 84.8 cm³/mol.